The van der Waals surface area contributed by atoms with Crippen molar-refractivity contribution in [3.63, 3.8) is 0 Å². The van der Waals surface area contributed by atoms with Gasteiger partial charge in [0, 0.05) is 13.1 Å². The van der Waals surface area contributed by atoms with E-state index in [1.165, 1.54) is 0 Å². The highest BCUT2D eigenvalue weighted by atomic mass is 32.2. The maximum Gasteiger partial charge on any atom is 0.243 e. The number of benzene rings is 1. The predicted molar refractivity (Wildman–Crippen MR) is 91.9 cm³/mol. The fraction of sp³-hybridized carbons (Fsp3) is 0.647. The second-order valence-electron chi connectivity index (χ2n) is 6.62. The molecule has 1 aromatic carbocycles. The minimum Gasteiger partial charge on any atom is -0.493 e. The molecule has 1 aliphatic rings. The van der Waals surface area contributed by atoms with Gasteiger partial charge in [-0.2, -0.15) is 4.31 Å². The minimum atomic E-state index is -3.42. The van der Waals surface area contributed by atoms with Crippen molar-refractivity contribution in [3.05, 3.63) is 24.3 Å². The van der Waals surface area contributed by atoms with Crippen molar-refractivity contribution in [1.82, 2.24) is 4.31 Å². The maximum atomic E-state index is 12.8. The largest absolute Gasteiger partial charge is 0.493 e. The molecule has 1 heterocycles. The van der Waals surface area contributed by atoms with Crippen molar-refractivity contribution in [2.45, 2.75) is 38.0 Å². The number of nitrogens with zero attached hydrogens (tertiary/aromatic N) is 1. The molecule has 1 aliphatic heterocycles. The molecule has 5 nitrogen and oxygen atoms in total. The lowest BCUT2D eigenvalue weighted by Crippen LogP contribution is -2.40. The van der Waals surface area contributed by atoms with Gasteiger partial charge in [-0.15, -0.1) is 0 Å². The van der Waals surface area contributed by atoms with Crippen molar-refractivity contribution in [1.29, 1.82) is 0 Å². The van der Waals surface area contributed by atoms with Gasteiger partial charge in [0.25, 0.3) is 0 Å². The maximum absolute atomic E-state index is 12.8. The Morgan fingerprint density at radius 2 is 2.00 bits per heavy atom. The van der Waals surface area contributed by atoms with Gasteiger partial charge in [-0.25, -0.2) is 8.42 Å². The lowest BCUT2D eigenvalue weighted by Gasteiger charge is -2.31. The van der Waals surface area contributed by atoms with Crippen molar-refractivity contribution in [2.75, 3.05) is 26.2 Å². The lowest BCUT2D eigenvalue weighted by molar-refractivity contribution is 0.258. The van der Waals surface area contributed by atoms with Crippen molar-refractivity contribution in [3.8, 4) is 5.75 Å². The number of piperidine rings is 1. The van der Waals surface area contributed by atoms with Gasteiger partial charge in [0.05, 0.1) is 11.5 Å². The summed E-state index contributed by atoms with van der Waals surface area (Å²) in [5.41, 5.74) is 5.61. The first-order valence-corrected chi connectivity index (χ1v) is 9.80. The normalized spacial score (nSPS) is 19.9. The molecular weight excluding hydrogens is 312 g/mol. The molecule has 6 heteroatoms. The highest BCUT2D eigenvalue weighted by Gasteiger charge is 2.29. The summed E-state index contributed by atoms with van der Waals surface area (Å²) in [7, 11) is -3.42. The molecule has 1 aromatic rings. The van der Waals surface area contributed by atoms with Crippen molar-refractivity contribution in [2.24, 2.45) is 17.6 Å². The second kappa shape index (κ2) is 8.13. The number of nitrogens with two attached hydrogens (primary N) is 1. The molecule has 0 aliphatic carbocycles. The van der Waals surface area contributed by atoms with Crippen molar-refractivity contribution >= 4 is 10.0 Å². The van der Waals surface area contributed by atoms with E-state index in [9.17, 15) is 8.42 Å². The summed E-state index contributed by atoms with van der Waals surface area (Å²) in [5.74, 6) is 1.51. The molecular formula is C17H28N2O3S. The molecule has 1 atom stereocenters. The van der Waals surface area contributed by atoms with E-state index in [1.54, 1.807) is 28.6 Å². The molecule has 0 amide bonds. The molecule has 0 radical (unpaired) electrons. The van der Waals surface area contributed by atoms with E-state index in [0.29, 0.717) is 48.7 Å². The Morgan fingerprint density at radius 1 is 1.30 bits per heavy atom. The van der Waals surface area contributed by atoms with Crippen LogP contribution in [0.15, 0.2) is 29.2 Å². The summed E-state index contributed by atoms with van der Waals surface area (Å²) in [4.78, 5) is 0.336. The average molecular weight is 340 g/mol. The molecule has 1 saturated heterocycles. The molecule has 2 N–H and O–H groups in total. The minimum absolute atomic E-state index is 0.336. The van der Waals surface area contributed by atoms with Crippen LogP contribution in [0.4, 0.5) is 0 Å². The molecule has 0 spiro atoms. The van der Waals surface area contributed by atoms with Gasteiger partial charge >= 0.3 is 0 Å². The van der Waals surface area contributed by atoms with Gasteiger partial charge in [0.2, 0.25) is 10.0 Å². The number of hydrogen-bond donors (Lipinski definition) is 1. The van der Waals surface area contributed by atoms with Crippen LogP contribution in [0.25, 0.3) is 0 Å². The Kier molecular flexibility index (Phi) is 6.44. The average Bonchev–Trinajstić information content (AvgIpc) is 2.54. The van der Waals surface area contributed by atoms with Gasteiger partial charge in [0.1, 0.15) is 5.75 Å². The molecule has 1 fully saturated rings. The van der Waals surface area contributed by atoms with Gasteiger partial charge < -0.3 is 10.5 Å². The van der Waals surface area contributed by atoms with Gasteiger partial charge in [-0.3, -0.25) is 0 Å². The fourth-order valence-electron chi connectivity index (χ4n) is 2.84. The van der Waals surface area contributed by atoms with E-state index >= 15 is 0 Å². The first-order chi connectivity index (χ1) is 10.9. The van der Waals surface area contributed by atoms with Crippen LogP contribution in [0.5, 0.6) is 5.75 Å². The van der Waals surface area contributed by atoms with E-state index in [1.807, 2.05) is 0 Å². The van der Waals surface area contributed by atoms with Crippen LogP contribution >= 0.6 is 0 Å². The zero-order valence-electron chi connectivity index (χ0n) is 14.1. The molecule has 2 rings (SSSR count). The van der Waals surface area contributed by atoms with E-state index in [2.05, 4.69) is 13.8 Å². The number of sulfonamides is 1. The van der Waals surface area contributed by atoms with Gasteiger partial charge in [-0.05, 0) is 61.9 Å². The van der Waals surface area contributed by atoms with E-state index < -0.39 is 10.0 Å². The van der Waals surface area contributed by atoms with E-state index in [4.69, 9.17) is 10.5 Å². The molecule has 0 bridgehead atoms. The monoisotopic (exact) mass is 340 g/mol. The topological polar surface area (TPSA) is 72.6 Å². The Balaban J connectivity index is 2.06. The summed E-state index contributed by atoms with van der Waals surface area (Å²) < 4.78 is 32.7. The number of ether oxygens (including phenoxy) is 1. The molecule has 130 valence electrons. The first-order valence-electron chi connectivity index (χ1n) is 8.36. The molecule has 23 heavy (non-hydrogen) atoms. The Hall–Kier alpha value is -1.11. The second-order valence-corrected chi connectivity index (χ2v) is 8.56. The summed E-state index contributed by atoms with van der Waals surface area (Å²) in [6.07, 6.45) is 2.85. The van der Waals surface area contributed by atoms with Crippen LogP contribution in [-0.4, -0.2) is 39.0 Å². The van der Waals surface area contributed by atoms with Crippen LogP contribution in [-0.2, 0) is 10.0 Å². The standard InChI is InChI=1S/C17H28N2O3S/c1-14(2)13-22-16-5-7-17(8-6-16)23(20,21)19-11-3-4-15(12-19)9-10-18/h5-8,14-15H,3-4,9-13,18H2,1-2H3. The fourth-order valence-corrected chi connectivity index (χ4v) is 4.39. The van der Waals surface area contributed by atoms with Gasteiger partial charge in [0.15, 0.2) is 0 Å². The van der Waals surface area contributed by atoms with Crippen LogP contribution in [0.2, 0.25) is 0 Å². The zero-order chi connectivity index (χ0) is 16.9. The van der Waals surface area contributed by atoms with E-state index in [0.717, 1.165) is 19.3 Å². The zero-order valence-corrected chi connectivity index (χ0v) is 14.9. The van der Waals surface area contributed by atoms with Crippen LogP contribution in [0.3, 0.4) is 0 Å². The molecule has 0 aromatic heterocycles. The summed E-state index contributed by atoms with van der Waals surface area (Å²) in [6, 6.07) is 6.74. The number of rotatable bonds is 7. The highest BCUT2D eigenvalue weighted by molar-refractivity contribution is 7.89. The predicted octanol–water partition coefficient (Wildman–Crippen LogP) is 2.47. The Morgan fingerprint density at radius 3 is 2.61 bits per heavy atom. The summed E-state index contributed by atoms with van der Waals surface area (Å²) >= 11 is 0. The van der Waals surface area contributed by atoms with E-state index in [-0.39, 0.29) is 0 Å². The SMILES string of the molecule is CC(C)COc1ccc(S(=O)(=O)N2CCCC(CCN)C2)cc1. The molecule has 0 saturated carbocycles. The van der Waals surface area contributed by atoms with Crippen LogP contribution in [0.1, 0.15) is 33.1 Å². The summed E-state index contributed by atoms with van der Waals surface area (Å²) in [6.45, 7) is 6.56. The lowest BCUT2D eigenvalue weighted by atomic mass is 9.96. The highest BCUT2D eigenvalue weighted by Crippen LogP contribution is 2.26. The third-order valence-electron chi connectivity index (χ3n) is 4.10. The Labute approximate surface area is 139 Å². The van der Waals surface area contributed by atoms with Crippen LogP contribution in [0, 0.1) is 11.8 Å². The number of hydrogen-bond acceptors (Lipinski definition) is 4. The third-order valence-corrected chi connectivity index (χ3v) is 5.98. The Bertz CT molecular complexity index is 582. The first kappa shape index (κ1) is 18.2. The quantitative estimate of drug-likeness (QED) is 0.827. The van der Waals surface area contributed by atoms with Crippen LogP contribution < -0.4 is 10.5 Å². The molecule has 1 unspecified atom stereocenters. The van der Waals surface area contributed by atoms with Crippen molar-refractivity contribution < 1.29 is 13.2 Å². The smallest absolute Gasteiger partial charge is 0.243 e. The third kappa shape index (κ3) is 4.93. The summed E-state index contributed by atoms with van der Waals surface area (Å²) in [5, 5.41) is 0. The van der Waals surface area contributed by atoms with Gasteiger partial charge in [-0.1, -0.05) is 13.8 Å².